The Bertz CT molecular complexity index is 468. The lowest BCUT2D eigenvalue weighted by Crippen LogP contribution is -2.46. The molecule has 2 nitrogen and oxygen atoms in total. The van der Waals surface area contributed by atoms with Crippen LogP contribution in [0.4, 0.5) is 5.69 Å². The lowest BCUT2D eigenvalue weighted by molar-refractivity contribution is -0.0865. The minimum absolute atomic E-state index is 0.123. The molecule has 4 heteroatoms. The number of benzene rings is 1. The summed E-state index contributed by atoms with van der Waals surface area (Å²) in [5, 5.41) is 4.45. The molecule has 2 saturated heterocycles. The summed E-state index contributed by atoms with van der Waals surface area (Å²) in [4.78, 5) is 0. The van der Waals surface area contributed by atoms with Gasteiger partial charge in [-0.25, -0.2) is 0 Å². The van der Waals surface area contributed by atoms with Gasteiger partial charge in [-0.15, -0.1) is 0 Å². The van der Waals surface area contributed by atoms with E-state index in [0.29, 0.717) is 6.04 Å². The highest BCUT2D eigenvalue weighted by atomic mass is 35.5. The molecule has 0 saturated carbocycles. The fourth-order valence-electron chi connectivity index (χ4n) is 3.20. The Morgan fingerprint density at radius 3 is 2.90 bits per heavy atom. The summed E-state index contributed by atoms with van der Waals surface area (Å²) in [6, 6.07) is 6.71. The van der Waals surface area contributed by atoms with E-state index in [2.05, 4.69) is 36.1 Å². The molecule has 3 rings (SSSR count). The van der Waals surface area contributed by atoms with E-state index in [9.17, 15) is 0 Å². The van der Waals surface area contributed by atoms with E-state index in [0.717, 1.165) is 30.2 Å². The van der Waals surface area contributed by atoms with Gasteiger partial charge in [-0.1, -0.05) is 17.7 Å². The highest BCUT2D eigenvalue weighted by molar-refractivity contribution is 7.99. The summed E-state index contributed by atoms with van der Waals surface area (Å²) in [7, 11) is 0. The zero-order valence-corrected chi connectivity index (χ0v) is 13.5. The summed E-state index contributed by atoms with van der Waals surface area (Å²) in [6.07, 6.45) is 4.56. The number of hydrogen-bond donors (Lipinski definition) is 1. The number of nitrogens with one attached hydrogen (secondary N) is 1. The maximum atomic E-state index is 6.33. The van der Waals surface area contributed by atoms with E-state index in [1.807, 2.05) is 6.07 Å². The van der Waals surface area contributed by atoms with Crippen LogP contribution in [0.1, 0.15) is 31.2 Å². The summed E-state index contributed by atoms with van der Waals surface area (Å²) >= 11 is 8.38. The van der Waals surface area contributed by atoms with Crippen LogP contribution >= 0.6 is 23.4 Å². The van der Waals surface area contributed by atoms with Crippen LogP contribution in [0.15, 0.2) is 18.2 Å². The van der Waals surface area contributed by atoms with Crippen LogP contribution in [0, 0.1) is 6.92 Å². The Kier molecular flexibility index (Phi) is 4.49. The second-order valence-corrected chi connectivity index (χ2v) is 7.59. The van der Waals surface area contributed by atoms with Crippen LogP contribution in [-0.4, -0.2) is 29.8 Å². The Morgan fingerprint density at radius 1 is 1.35 bits per heavy atom. The number of halogens is 1. The molecule has 2 heterocycles. The Labute approximate surface area is 130 Å². The maximum absolute atomic E-state index is 6.33. The molecule has 2 aliphatic heterocycles. The first-order chi connectivity index (χ1) is 9.67. The fraction of sp³-hybridized carbons (Fsp3) is 0.625. The third-order valence-corrected chi connectivity index (χ3v) is 5.68. The van der Waals surface area contributed by atoms with Crippen LogP contribution in [0.2, 0.25) is 5.02 Å². The monoisotopic (exact) mass is 311 g/mol. The first kappa shape index (κ1) is 14.6. The number of ether oxygens (including phenoxy) is 1. The molecule has 1 N–H and O–H groups in total. The lowest BCUT2D eigenvalue weighted by Gasteiger charge is -2.43. The molecule has 1 unspecified atom stereocenters. The quantitative estimate of drug-likeness (QED) is 0.868. The Balaban J connectivity index is 1.68. The molecular weight excluding hydrogens is 290 g/mol. The molecule has 110 valence electrons. The molecule has 1 atom stereocenters. The van der Waals surface area contributed by atoms with Crippen molar-refractivity contribution >= 4 is 29.1 Å². The number of anilines is 1. The maximum Gasteiger partial charge on any atom is 0.0717 e. The average Bonchev–Trinajstić information content (AvgIpc) is 2.43. The van der Waals surface area contributed by atoms with Gasteiger partial charge >= 0.3 is 0 Å². The van der Waals surface area contributed by atoms with Crippen LogP contribution < -0.4 is 5.32 Å². The zero-order valence-electron chi connectivity index (χ0n) is 12.0. The molecule has 0 aromatic heterocycles. The van der Waals surface area contributed by atoms with Crippen molar-refractivity contribution in [1.82, 2.24) is 0 Å². The molecule has 1 aromatic carbocycles. The van der Waals surface area contributed by atoms with E-state index >= 15 is 0 Å². The van der Waals surface area contributed by atoms with E-state index in [1.54, 1.807) is 0 Å². The molecule has 2 aliphatic rings. The van der Waals surface area contributed by atoms with Gasteiger partial charge in [0.05, 0.1) is 16.3 Å². The van der Waals surface area contributed by atoms with Crippen molar-refractivity contribution < 1.29 is 4.74 Å². The normalized spacial score (nSPS) is 25.6. The van der Waals surface area contributed by atoms with Gasteiger partial charge in [-0.05, 0) is 61.8 Å². The molecule has 1 spiro atoms. The lowest BCUT2D eigenvalue weighted by atomic mass is 9.85. The van der Waals surface area contributed by atoms with Gasteiger partial charge in [0.2, 0.25) is 0 Å². The predicted octanol–water partition coefficient (Wildman–Crippen LogP) is 4.51. The van der Waals surface area contributed by atoms with E-state index in [1.165, 1.54) is 29.9 Å². The van der Waals surface area contributed by atoms with Crippen molar-refractivity contribution in [2.45, 2.75) is 44.2 Å². The van der Waals surface area contributed by atoms with Crippen molar-refractivity contribution in [3.05, 3.63) is 28.8 Å². The smallest absolute Gasteiger partial charge is 0.0717 e. The van der Waals surface area contributed by atoms with Gasteiger partial charge in [0.25, 0.3) is 0 Å². The predicted molar refractivity (Wildman–Crippen MR) is 88.1 cm³/mol. The minimum atomic E-state index is 0.123. The van der Waals surface area contributed by atoms with Gasteiger partial charge in [0.1, 0.15) is 0 Å². The molecule has 0 radical (unpaired) electrons. The SMILES string of the molecule is Cc1ccc(NC2CCOC3(CCSCC3)C2)c(Cl)c1. The highest BCUT2D eigenvalue weighted by Gasteiger charge is 2.38. The zero-order chi connectivity index (χ0) is 14.0. The van der Waals surface area contributed by atoms with E-state index in [-0.39, 0.29) is 5.60 Å². The second kappa shape index (κ2) is 6.17. The Morgan fingerprint density at radius 2 is 2.15 bits per heavy atom. The molecular formula is C16H22ClNOS. The Hall–Kier alpha value is -0.380. The van der Waals surface area contributed by atoms with Crippen molar-refractivity contribution in [3.63, 3.8) is 0 Å². The van der Waals surface area contributed by atoms with Crippen molar-refractivity contribution in [2.75, 3.05) is 23.4 Å². The second-order valence-electron chi connectivity index (χ2n) is 5.96. The number of thioether (sulfide) groups is 1. The first-order valence-electron chi connectivity index (χ1n) is 7.41. The van der Waals surface area contributed by atoms with Crippen molar-refractivity contribution in [3.8, 4) is 0 Å². The average molecular weight is 312 g/mol. The summed E-state index contributed by atoms with van der Waals surface area (Å²) < 4.78 is 6.14. The number of aryl methyl sites for hydroxylation is 1. The summed E-state index contributed by atoms with van der Waals surface area (Å²) in [5.41, 5.74) is 2.39. The van der Waals surface area contributed by atoms with E-state index in [4.69, 9.17) is 16.3 Å². The van der Waals surface area contributed by atoms with Gasteiger partial charge < -0.3 is 10.1 Å². The van der Waals surface area contributed by atoms with Gasteiger partial charge in [-0.3, -0.25) is 0 Å². The number of hydrogen-bond acceptors (Lipinski definition) is 3. The number of rotatable bonds is 2. The van der Waals surface area contributed by atoms with E-state index < -0.39 is 0 Å². The fourth-order valence-corrected chi connectivity index (χ4v) is 4.73. The third-order valence-electron chi connectivity index (χ3n) is 4.38. The standard InChI is InChI=1S/C16H22ClNOS/c1-12-2-3-15(14(17)10-12)18-13-4-7-19-16(11-13)5-8-20-9-6-16/h2-3,10,13,18H,4-9,11H2,1H3. The molecule has 1 aromatic rings. The van der Waals surface area contributed by atoms with Crippen LogP contribution in [-0.2, 0) is 4.74 Å². The summed E-state index contributed by atoms with van der Waals surface area (Å²) in [5.74, 6) is 2.47. The van der Waals surface area contributed by atoms with Crippen LogP contribution in [0.3, 0.4) is 0 Å². The van der Waals surface area contributed by atoms with Crippen LogP contribution in [0.5, 0.6) is 0 Å². The molecule has 20 heavy (non-hydrogen) atoms. The van der Waals surface area contributed by atoms with Gasteiger partial charge in [0, 0.05) is 12.6 Å². The largest absolute Gasteiger partial charge is 0.381 e. The van der Waals surface area contributed by atoms with Gasteiger partial charge in [-0.2, -0.15) is 11.8 Å². The third kappa shape index (κ3) is 3.26. The highest BCUT2D eigenvalue weighted by Crippen LogP contribution is 2.38. The molecule has 0 amide bonds. The van der Waals surface area contributed by atoms with Gasteiger partial charge in [0.15, 0.2) is 0 Å². The van der Waals surface area contributed by atoms with Crippen molar-refractivity contribution in [2.24, 2.45) is 0 Å². The summed E-state index contributed by atoms with van der Waals surface area (Å²) in [6.45, 7) is 2.94. The molecule has 0 aliphatic carbocycles. The topological polar surface area (TPSA) is 21.3 Å². The molecule has 0 bridgehead atoms. The van der Waals surface area contributed by atoms with Crippen LogP contribution in [0.25, 0.3) is 0 Å². The first-order valence-corrected chi connectivity index (χ1v) is 8.95. The minimum Gasteiger partial charge on any atom is -0.381 e. The molecule has 2 fully saturated rings. The van der Waals surface area contributed by atoms with Crippen molar-refractivity contribution in [1.29, 1.82) is 0 Å².